The molecule has 8 heteroatoms. The Morgan fingerprint density at radius 1 is 1.18 bits per heavy atom. The Balaban J connectivity index is 2.64. The highest BCUT2D eigenvalue weighted by Gasteiger charge is 2.21. The topological polar surface area (TPSA) is 78.4 Å². The van der Waals surface area contributed by atoms with E-state index in [4.69, 9.17) is 0 Å². The minimum atomic E-state index is -1.33. The Bertz CT molecular complexity index is 543. The summed E-state index contributed by atoms with van der Waals surface area (Å²) in [7, 11) is 0. The molecule has 0 radical (unpaired) electrons. The number of aliphatic hydroxyl groups excluding tert-OH is 1. The molecule has 0 aliphatic rings. The summed E-state index contributed by atoms with van der Waals surface area (Å²) >= 11 is 0. The zero-order valence-corrected chi connectivity index (χ0v) is 12.1. The Hall–Kier alpha value is -2.09. The maximum absolute atomic E-state index is 13.3. The maximum atomic E-state index is 13.3. The molecule has 0 aromatic heterocycles. The Morgan fingerprint density at radius 2 is 1.73 bits per heavy atom. The van der Waals surface area contributed by atoms with Crippen LogP contribution in [0.5, 0.6) is 0 Å². The van der Waals surface area contributed by atoms with Gasteiger partial charge in [-0.05, 0) is 5.92 Å². The fraction of sp³-hybridized carbons (Fsp3) is 0.429. The number of halogens is 3. The molecule has 0 aliphatic carbocycles. The second kappa shape index (κ2) is 7.79. The van der Waals surface area contributed by atoms with E-state index < -0.39 is 41.1 Å². The van der Waals surface area contributed by atoms with Gasteiger partial charge in [0.2, 0.25) is 0 Å². The second-order valence-corrected chi connectivity index (χ2v) is 4.86. The highest BCUT2D eigenvalue weighted by Crippen LogP contribution is 2.19. The molecule has 1 aromatic rings. The van der Waals surface area contributed by atoms with E-state index in [9.17, 15) is 27.9 Å². The zero-order chi connectivity index (χ0) is 16.9. The molecule has 22 heavy (non-hydrogen) atoms. The van der Waals surface area contributed by atoms with Crippen LogP contribution in [0.3, 0.4) is 0 Å². The molecule has 0 heterocycles. The van der Waals surface area contributed by atoms with Crippen LogP contribution in [0.1, 0.15) is 20.3 Å². The molecule has 0 saturated carbocycles. The molecule has 2 unspecified atom stereocenters. The summed E-state index contributed by atoms with van der Waals surface area (Å²) in [6.07, 6.45) is -0.170. The summed E-state index contributed by atoms with van der Waals surface area (Å²) in [5.74, 6) is -6.38. The molecule has 1 rings (SSSR count). The normalized spacial score (nSPS) is 13.4. The van der Waals surface area contributed by atoms with Crippen LogP contribution in [0.2, 0.25) is 0 Å². The SMILES string of the molecule is CCC(C)C(O)CNC(=O)C(=O)Nc1c(F)cc(F)cc1F. The number of benzene rings is 1. The zero-order valence-electron chi connectivity index (χ0n) is 12.1. The molecule has 3 N–H and O–H groups in total. The fourth-order valence-corrected chi connectivity index (χ4v) is 1.58. The van der Waals surface area contributed by atoms with Gasteiger partial charge in [0.15, 0.2) is 11.6 Å². The van der Waals surface area contributed by atoms with Gasteiger partial charge in [-0.25, -0.2) is 13.2 Å². The van der Waals surface area contributed by atoms with Gasteiger partial charge in [0.25, 0.3) is 0 Å². The Labute approximate surface area is 125 Å². The van der Waals surface area contributed by atoms with Crippen LogP contribution in [-0.4, -0.2) is 29.6 Å². The van der Waals surface area contributed by atoms with Crippen LogP contribution in [0.15, 0.2) is 12.1 Å². The number of aliphatic hydroxyl groups is 1. The maximum Gasteiger partial charge on any atom is 0.313 e. The first kappa shape index (κ1) is 18.0. The lowest BCUT2D eigenvalue weighted by atomic mass is 10.0. The van der Waals surface area contributed by atoms with Crippen LogP contribution in [0.25, 0.3) is 0 Å². The quantitative estimate of drug-likeness (QED) is 0.721. The third-order valence-electron chi connectivity index (χ3n) is 3.22. The van der Waals surface area contributed by atoms with Crippen LogP contribution in [0, 0.1) is 23.4 Å². The van der Waals surface area contributed by atoms with Gasteiger partial charge in [-0.3, -0.25) is 9.59 Å². The lowest BCUT2D eigenvalue weighted by Gasteiger charge is -2.17. The van der Waals surface area contributed by atoms with E-state index >= 15 is 0 Å². The van der Waals surface area contributed by atoms with E-state index in [1.807, 2.05) is 6.92 Å². The number of hydrogen-bond donors (Lipinski definition) is 3. The summed E-state index contributed by atoms with van der Waals surface area (Å²) in [6, 6.07) is 0.757. The van der Waals surface area contributed by atoms with Crippen molar-refractivity contribution in [3.8, 4) is 0 Å². The van der Waals surface area contributed by atoms with Crippen molar-refractivity contribution in [1.82, 2.24) is 5.32 Å². The first-order chi connectivity index (χ1) is 10.3. The predicted octanol–water partition coefficient (Wildman–Crippen LogP) is 1.57. The molecule has 0 fully saturated rings. The van der Waals surface area contributed by atoms with E-state index in [1.165, 1.54) is 0 Å². The van der Waals surface area contributed by atoms with Crippen molar-refractivity contribution in [2.45, 2.75) is 26.4 Å². The van der Waals surface area contributed by atoms with Gasteiger partial charge in [-0.1, -0.05) is 20.3 Å². The third kappa shape index (κ3) is 4.73. The van der Waals surface area contributed by atoms with E-state index in [2.05, 4.69) is 5.32 Å². The van der Waals surface area contributed by atoms with Crippen molar-refractivity contribution in [3.05, 3.63) is 29.6 Å². The Kier molecular flexibility index (Phi) is 6.36. The summed E-state index contributed by atoms with van der Waals surface area (Å²) < 4.78 is 39.4. The van der Waals surface area contributed by atoms with Crippen molar-refractivity contribution in [2.24, 2.45) is 5.92 Å². The minimum Gasteiger partial charge on any atom is -0.391 e. The number of carbonyl (C=O) groups is 2. The molecule has 2 amide bonds. The number of anilines is 1. The van der Waals surface area contributed by atoms with E-state index in [0.717, 1.165) is 0 Å². The smallest absolute Gasteiger partial charge is 0.313 e. The molecule has 0 spiro atoms. The molecule has 0 bridgehead atoms. The molecule has 0 aliphatic heterocycles. The average Bonchev–Trinajstić information content (AvgIpc) is 2.46. The lowest BCUT2D eigenvalue weighted by Crippen LogP contribution is -2.41. The number of hydrogen-bond acceptors (Lipinski definition) is 3. The first-order valence-electron chi connectivity index (χ1n) is 6.68. The number of nitrogens with one attached hydrogen (secondary N) is 2. The summed E-state index contributed by atoms with van der Waals surface area (Å²) in [6.45, 7) is 3.44. The van der Waals surface area contributed by atoms with Crippen LogP contribution >= 0.6 is 0 Å². The number of amides is 2. The van der Waals surface area contributed by atoms with Gasteiger partial charge in [0.05, 0.1) is 6.10 Å². The molecular formula is C14H17F3N2O3. The first-order valence-corrected chi connectivity index (χ1v) is 6.68. The number of carbonyl (C=O) groups excluding carboxylic acids is 2. The summed E-state index contributed by atoms with van der Waals surface area (Å²) in [5.41, 5.74) is -0.913. The lowest BCUT2D eigenvalue weighted by molar-refractivity contribution is -0.136. The predicted molar refractivity (Wildman–Crippen MR) is 73.4 cm³/mol. The van der Waals surface area contributed by atoms with Gasteiger partial charge < -0.3 is 15.7 Å². The van der Waals surface area contributed by atoms with Crippen molar-refractivity contribution >= 4 is 17.5 Å². The van der Waals surface area contributed by atoms with E-state index in [1.54, 1.807) is 12.2 Å². The highest BCUT2D eigenvalue weighted by molar-refractivity contribution is 6.39. The second-order valence-electron chi connectivity index (χ2n) is 4.86. The van der Waals surface area contributed by atoms with Gasteiger partial charge in [0.1, 0.15) is 11.5 Å². The Morgan fingerprint density at radius 3 is 2.23 bits per heavy atom. The summed E-state index contributed by atoms with van der Waals surface area (Å²) in [5, 5.41) is 13.5. The van der Waals surface area contributed by atoms with Gasteiger partial charge in [0, 0.05) is 18.7 Å². The van der Waals surface area contributed by atoms with E-state index in [-0.39, 0.29) is 12.5 Å². The fourth-order valence-electron chi connectivity index (χ4n) is 1.58. The van der Waals surface area contributed by atoms with Crippen molar-refractivity contribution < 1.29 is 27.9 Å². The van der Waals surface area contributed by atoms with Crippen molar-refractivity contribution in [2.75, 3.05) is 11.9 Å². The monoisotopic (exact) mass is 318 g/mol. The largest absolute Gasteiger partial charge is 0.391 e. The van der Waals surface area contributed by atoms with Crippen LogP contribution in [-0.2, 0) is 9.59 Å². The van der Waals surface area contributed by atoms with Crippen LogP contribution in [0.4, 0.5) is 18.9 Å². The van der Waals surface area contributed by atoms with Gasteiger partial charge in [-0.15, -0.1) is 0 Å². The van der Waals surface area contributed by atoms with Gasteiger partial charge in [-0.2, -0.15) is 0 Å². The minimum absolute atomic E-state index is 0.0876. The standard InChI is InChI=1S/C14H17F3N2O3/c1-3-7(2)11(20)6-18-13(21)14(22)19-12-9(16)4-8(15)5-10(12)17/h4-5,7,11,20H,3,6H2,1-2H3,(H,18,21)(H,19,22). The molecule has 1 aromatic carbocycles. The van der Waals surface area contributed by atoms with Crippen LogP contribution < -0.4 is 10.6 Å². The third-order valence-corrected chi connectivity index (χ3v) is 3.22. The van der Waals surface area contributed by atoms with Crippen molar-refractivity contribution in [3.63, 3.8) is 0 Å². The van der Waals surface area contributed by atoms with E-state index in [0.29, 0.717) is 18.6 Å². The molecule has 122 valence electrons. The average molecular weight is 318 g/mol. The molecule has 2 atom stereocenters. The molecule has 0 saturated heterocycles. The summed E-state index contributed by atoms with van der Waals surface area (Å²) in [4.78, 5) is 23.0. The number of rotatable bonds is 5. The highest BCUT2D eigenvalue weighted by atomic mass is 19.1. The van der Waals surface area contributed by atoms with Crippen molar-refractivity contribution in [1.29, 1.82) is 0 Å². The molecular weight excluding hydrogens is 301 g/mol. The van der Waals surface area contributed by atoms with Gasteiger partial charge >= 0.3 is 11.8 Å². The molecule has 5 nitrogen and oxygen atoms in total.